The molecular weight excluding hydrogens is 751 g/mol. The lowest BCUT2D eigenvalue weighted by atomic mass is 9.51. The van der Waals surface area contributed by atoms with Gasteiger partial charge in [0.15, 0.2) is 17.5 Å². The number of hydrogen-bond acceptors (Lipinski definition) is 3. The van der Waals surface area contributed by atoms with Crippen LogP contribution in [-0.4, -0.2) is 15.0 Å². The summed E-state index contributed by atoms with van der Waals surface area (Å²) in [5.74, 6) is 1.91. The van der Waals surface area contributed by atoms with Crippen molar-refractivity contribution in [3.63, 3.8) is 0 Å². The van der Waals surface area contributed by atoms with Crippen molar-refractivity contribution in [3.8, 4) is 56.4 Å². The minimum absolute atomic E-state index is 0.571. The summed E-state index contributed by atoms with van der Waals surface area (Å²) in [6, 6.07) is 85.4. The van der Waals surface area contributed by atoms with Crippen LogP contribution in [0.4, 0.5) is 0 Å². The monoisotopic (exact) mass is 789 g/mol. The van der Waals surface area contributed by atoms with Gasteiger partial charge in [-0.3, -0.25) is 0 Å². The van der Waals surface area contributed by atoms with E-state index >= 15 is 0 Å². The number of rotatable bonds is 6. The zero-order valence-corrected chi connectivity index (χ0v) is 33.9. The number of fused-ring (bicyclic) bond motifs is 9. The van der Waals surface area contributed by atoms with Crippen LogP contribution in [0.15, 0.2) is 237 Å². The highest BCUT2D eigenvalue weighted by Gasteiger charge is 2.57. The maximum atomic E-state index is 5.39. The van der Waals surface area contributed by atoms with Crippen molar-refractivity contribution in [1.29, 1.82) is 0 Å². The van der Waals surface area contributed by atoms with Gasteiger partial charge in [0, 0.05) is 16.7 Å². The average Bonchev–Trinajstić information content (AvgIpc) is 3.66. The standard InChI is InChI=1S/C59H39N3/c1-5-21-40(22-6-1)42-25-19-26-43(39-42)56-60-55(41-23-7-2-8-24-41)61-57(62-56)47-32-20-38-53-54(47)46-31-13-14-33-48(46)59(53)51-36-17-15-34-49(51)58(44-27-9-3-10-28-44,45-29-11-4-12-30-45)50-35-16-18-37-52(50)59/h1-39H. The fourth-order valence-corrected chi connectivity index (χ4v) is 10.6. The van der Waals surface area contributed by atoms with Gasteiger partial charge in [0.1, 0.15) is 0 Å². The SMILES string of the molecule is c1ccc(-c2cccc(-c3nc(-c4ccccc4)nc(-c4cccc5c4-c4ccccc4C54c5ccccc5C(c5ccccc5)(c5ccccc5)c5ccccc54)n3)c2)cc1. The number of hydrogen-bond donors (Lipinski definition) is 0. The molecule has 0 fully saturated rings. The lowest BCUT2D eigenvalue weighted by Gasteiger charge is -2.50. The molecule has 3 nitrogen and oxygen atoms in total. The van der Waals surface area contributed by atoms with E-state index in [1.807, 2.05) is 24.3 Å². The summed E-state index contributed by atoms with van der Waals surface area (Å²) in [5, 5.41) is 0. The van der Waals surface area contributed by atoms with Gasteiger partial charge in [0.2, 0.25) is 0 Å². The van der Waals surface area contributed by atoms with Crippen LogP contribution in [0.5, 0.6) is 0 Å². The Balaban J connectivity index is 1.15. The highest BCUT2D eigenvalue weighted by molar-refractivity contribution is 5.96. The first-order valence-corrected chi connectivity index (χ1v) is 21.3. The summed E-state index contributed by atoms with van der Waals surface area (Å²) in [6.07, 6.45) is 0. The molecule has 9 aromatic carbocycles. The van der Waals surface area contributed by atoms with Crippen molar-refractivity contribution >= 4 is 0 Å². The molecule has 290 valence electrons. The molecular formula is C59H39N3. The maximum absolute atomic E-state index is 5.39. The summed E-state index contributed by atoms with van der Waals surface area (Å²) in [6.45, 7) is 0. The van der Waals surface area contributed by atoms with Crippen LogP contribution in [-0.2, 0) is 10.8 Å². The molecule has 12 rings (SSSR count). The molecule has 0 saturated heterocycles. The van der Waals surface area contributed by atoms with Gasteiger partial charge in [-0.1, -0.05) is 231 Å². The van der Waals surface area contributed by atoms with Crippen LogP contribution in [0.1, 0.15) is 44.5 Å². The van der Waals surface area contributed by atoms with Gasteiger partial charge in [-0.05, 0) is 72.8 Å². The van der Waals surface area contributed by atoms with Gasteiger partial charge >= 0.3 is 0 Å². The van der Waals surface area contributed by atoms with Crippen LogP contribution in [0.2, 0.25) is 0 Å². The number of aromatic nitrogens is 3. The summed E-state index contributed by atoms with van der Waals surface area (Å²) >= 11 is 0. The van der Waals surface area contributed by atoms with Gasteiger partial charge < -0.3 is 0 Å². The molecule has 0 unspecified atom stereocenters. The molecule has 0 N–H and O–H groups in total. The third kappa shape index (κ3) is 5.22. The van der Waals surface area contributed by atoms with E-state index in [2.05, 4.69) is 212 Å². The number of nitrogens with zero attached hydrogens (tertiary/aromatic N) is 3. The highest BCUT2D eigenvalue weighted by Crippen LogP contribution is 2.65. The molecule has 0 aliphatic heterocycles. The van der Waals surface area contributed by atoms with E-state index in [4.69, 9.17) is 15.0 Å². The Morgan fingerprint density at radius 1 is 0.242 bits per heavy atom. The molecule has 2 aliphatic carbocycles. The normalized spacial score (nSPS) is 13.7. The van der Waals surface area contributed by atoms with E-state index in [1.54, 1.807) is 0 Å². The Hall–Kier alpha value is -8.01. The third-order valence-electron chi connectivity index (χ3n) is 13.1. The molecule has 1 spiro atoms. The Kier molecular flexibility index (Phi) is 8.29. The molecule has 1 aromatic heterocycles. The smallest absolute Gasteiger partial charge is 0.164 e. The lowest BCUT2D eigenvalue weighted by Crippen LogP contribution is -2.44. The zero-order valence-electron chi connectivity index (χ0n) is 33.9. The summed E-state index contributed by atoms with van der Waals surface area (Å²) < 4.78 is 0. The Morgan fingerprint density at radius 2 is 0.629 bits per heavy atom. The first-order valence-electron chi connectivity index (χ1n) is 21.3. The molecule has 3 heteroatoms. The molecule has 10 aromatic rings. The fraction of sp³-hybridized carbons (Fsp3) is 0.0339. The Morgan fingerprint density at radius 3 is 1.23 bits per heavy atom. The van der Waals surface area contributed by atoms with Crippen LogP contribution in [0.3, 0.4) is 0 Å². The Labute approximate surface area is 361 Å². The predicted octanol–water partition coefficient (Wildman–Crippen LogP) is 13.6. The first kappa shape index (κ1) is 35.9. The number of benzene rings is 9. The van der Waals surface area contributed by atoms with Crippen LogP contribution in [0.25, 0.3) is 56.4 Å². The minimum Gasteiger partial charge on any atom is -0.208 e. The van der Waals surface area contributed by atoms with Crippen LogP contribution >= 0.6 is 0 Å². The predicted molar refractivity (Wildman–Crippen MR) is 251 cm³/mol. The minimum atomic E-state index is -0.635. The molecule has 0 amide bonds. The van der Waals surface area contributed by atoms with Gasteiger partial charge in [0.25, 0.3) is 0 Å². The fourth-order valence-electron chi connectivity index (χ4n) is 10.6. The van der Waals surface area contributed by atoms with E-state index in [0.29, 0.717) is 17.5 Å². The van der Waals surface area contributed by atoms with E-state index in [1.165, 1.54) is 50.1 Å². The van der Waals surface area contributed by atoms with Crippen molar-refractivity contribution in [2.45, 2.75) is 10.8 Å². The van der Waals surface area contributed by atoms with Crippen LogP contribution in [0, 0.1) is 0 Å². The highest BCUT2D eigenvalue weighted by atomic mass is 15.0. The van der Waals surface area contributed by atoms with Crippen LogP contribution < -0.4 is 0 Å². The molecule has 0 atom stereocenters. The third-order valence-corrected chi connectivity index (χ3v) is 13.1. The summed E-state index contributed by atoms with van der Waals surface area (Å²) in [4.78, 5) is 15.9. The largest absolute Gasteiger partial charge is 0.208 e. The van der Waals surface area contributed by atoms with E-state index in [0.717, 1.165) is 33.4 Å². The van der Waals surface area contributed by atoms with Gasteiger partial charge in [-0.25, -0.2) is 15.0 Å². The van der Waals surface area contributed by atoms with E-state index in [-0.39, 0.29) is 0 Å². The van der Waals surface area contributed by atoms with Gasteiger partial charge in [-0.15, -0.1) is 0 Å². The lowest BCUT2D eigenvalue weighted by molar-refractivity contribution is 0.623. The van der Waals surface area contributed by atoms with Crippen molar-refractivity contribution in [2.75, 3.05) is 0 Å². The topological polar surface area (TPSA) is 38.7 Å². The molecule has 0 bridgehead atoms. The second-order valence-electron chi connectivity index (χ2n) is 16.2. The Bertz CT molecular complexity index is 3200. The zero-order chi connectivity index (χ0) is 41.1. The first-order chi connectivity index (χ1) is 30.8. The van der Waals surface area contributed by atoms with E-state index in [9.17, 15) is 0 Å². The van der Waals surface area contributed by atoms with Crippen molar-refractivity contribution in [2.24, 2.45) is 0 Å². The van der Waals surface area contributed by atoms with Gasteiger partial charge in [0.05, 0.1) is 10.8 Å². The molecule has 1 heterocycles. The quantitative estimate of drug-likeness (QED) is 0.168. The summed E-state index contributed by atoms with van der Waals surface area (Å²) in [7, 11) is 0. The molecule has 62 heavy (non-hydrogen) atoms. The van der Waals surface area contributed by atoms with Gasteiger partial charge in [-0.2, -0.15) is 0 Å². The molecule has 0 saturated carbocycles. The molecule has 2 aliphatic rings. The van der Waals surface area contributed by atoms with Crippen molar-refractivity contribution in [1.82, 2.24) is 15.0 Å². The van der Waals surface area contributed by atoms with Crippen molar-refractivity contribution in [3.05, 3.63) is 281 Å². The second kappa shape index (κ2) is 14.3. The van der Waals surface area contributed by atoms with E-state index < -0.39 is 10.8 Å². The summed E-state index contributed by atoms with van der Waals surface area (Å²) in [5.41, 5.74) is 16.3. The van der Waals surface area contributed by atoms with Crippen molar-refractivity contribution < 1.29 is 0 Å². The second-order valence-corrected chi connectivity index (χ2v) is 16.2. The molecule has 0 radical (unpaired) electrons. The average molecular weight is 790 g/mol. The maximum Gasteiger partial charge on any atom is 0.164 e.